The molecule has 1 atom stereocenters. The van der Waals surface area contributed by atoms with E-state index in [-0.39, 0.29) is 5.56 Å². The van der Waals surface area contributed by atoms with Crippen molar-refractivity contribution < 1.29 is 23.5 Å². The molecule has 0 spiro atoms. The van der Waals surface area contributed by atoms with Crippen LogP contribution in [0.4, 0.5) is 0 Å². The fourth-order valence-electron chi connectivity index (χ4n) is 3.45. The SMILES string of the molecule is CCOc1ccccc1C(=O)OCC(=O)N1N=C(c2ccc(Cl)cc2)CC1c1ccco1. The van der Waals surface area contributed by atoms with Gasteiger partial charge in [0, 0.05) is 11.4 Å². The first-order valence-corrected chi connectivity index (χ1v) is 10.5. The third-order valence-electron chi connectivity index (χ3n) is 4.95. The van der Waals surface area contributed by atoms with Gasteiger partial charge in [0.25, 0.3) is 5.91 Å². The third kappa shape index (κ3) is 4.68. The number of carbonyl (C=O) groups is 2. The molecule has 1 aromatic heterocycles. The average molecular weight is 453 g/mol. The number of esters is 1. The normalized spacial score (nSPS) is 15.4. The number of hydrazone groups is 1. The lowest BCUT2D eigenvalue weighted by atomic mass is 10.0. The third-order valence-corrected chi connectivity index (χ3v) is 5.20. The van der Waals surface area contributed by atoms with Gasteiger partial charge in [-0.2, -0.15) is 5.10 Å². The van der Waals surface area contributed by atoms with E-state index in [4.69, 9.17) is 25.5 Å². The summed E-state index contributed by atoms with van der Waals surface area (Å²) >= 11 is 5.98. The largest absolute Gasteiger partial charge is 0.493 e. The van der Waals surface area contributed by atoms with Crippen LogP contribution in [0.3, 0.4) is 0 Å². The summed E-state index contributed by atoms with van der Waals surface area (Å²) in [4.78, 5) is 25.5. The second-order valence-electron chi connectivity index (χ2n) is 7.03. The van der Waals surface area contributed by atoms with Crippen molar-refractivity contribution in [2.75, 3.05) is 13.2 Å². The van der Waals surface area contributed by atoms with Crippen LogP contribution in [0.1, 0.15) is 41.1 Å². The maximum Gasteiger partial charge on any atom is 0.342 e. The minimum atomic E-state index is -0.641. The van der Waals surface area contributed by atoms with Crippen LogP contribution in [-0.4, -0.2) is 35.8 Å². The van der Waals surface area contributed by atoms with Crippen LogP contribution in [-0.2, 0) is 9.53 Å². The van der Waals surface area contributed by atoms with Crippen molar-refractivity contribution in [2.24, 2.45) is 5.10 Å². The predicted molar refractivity (Wildman–Crippen MR) is 119 cm³/mol. The highest BCUT2D eigenvalue weighted by Crippen LogP contribution is 2.33. The van der Waals surface area contributed by atoms with Gasteiger partial charge in [-0.05, 0) is 48.9 Å². The minimum absolute atomic E-state index is 0.261. The minimum Gasteiger partial charge on any atom is -0.493 e. The Balaban J connectivity index is 1.51. The van der Waals surface area contributed by atoms with Crippen LogP contribution in [0.25, 0.3) is 0 Å². The molecule has 0 fully saturated rings. The van der Waals surface area contributed by atoms with E-state index in [1.54, 1.807) is 54.8 Å². The van der Waals surface area contributed by atoms with E-state index in [1.807, 2.05) is 19.1 Å². The van der Waals surface area contributed by atoms with Crippen LogP contribution in [0.2, 0.25) is 5.02 Å². The Morgan fingerprint density at radius 2 is 1.91 bits per heavy atom. The van der Waals surface area contributed by atoms with Crippen LogP contribution in [0.15, 0.2) is 76.4 Å². The topological polar surface area (TPSA) is 81.3 Å². The number of furan rings is 1. The monoisotopic (exact) mass is 452 g/mol. The van der Waals surface area contributed by atoms with Crippen molar-refractivity contribution in [3.63, 3.8) is 0 Å². The molecule has 0 saturated heterocycles. The summed E-state index contributed by atoms with van der Waals surface area (Å²) in [5, 5.41) is 6.43. The fraction of sp³-hybridized carbons (Fsp3) is 0.208. The average Bonchev–Trinajstić information content (AvgIpc) is 3.48. The molecule has 32 heavy (non-hydrogen) atoms. The first kappa shape index (κ1) is 21.6. The van der Waals surface area contributed by atoms with Gasteiger partial charge in [0.05, 0.1) is 18.6 Å². The molecule has 7 nitrogen and oxygen atoms in total. The summed E-state index contributed by atoms with van der Waals surface area (Å²) in [7, 11) is 0. The van der Waals surface area contributed by atoms with Gasteiger partial charge in [-0.25, -0.2) is 9.80 Å². The van der Waals surface area contributed by atoms with Crippen LogP contribution in [0, 0.1) is 0 Å². The summed E-state index contributed by atoms with van der Waals surface area (Å²) in [5.74, 6) is -0.0973. The molecule has 8 heteroatoms. The molecular weight excluding hydrogens is 432 g/mol. The maximum atomic E-state index is 13.0. The first-order chi connectivity index (χ1) is 15.6. The lowest BCUT2D eigenvalue weighted by Gasteiger charge is -2.19. The van der Waals surface area contributed by atoms with Gasteiger partial charge in [-0.3, -0.25) is 4.79 Å². The second kappa shape index (κ2) is 9.70. The van der Waals surface area contributed by atoms with Gasteiger partial charge in [0.1, 0.15) is 23.1 Å². The van der Waals surface area contributed by atoms with Crippen molar-refractivity contribution in [3.05, 3.63) is 88.8 Å². The maximum absolute atomic E-state index is 13.0. The van der Waals surface area contributed by atoms with Crippen molar-refractivity contribution in [2.45, 2.75) is 19.4 Å². The second-order valence-corrected chi connectivity index (χ2v) is 7.47. The highest BCUT2D eigenvalue weighted by atomic mass is 35.5. The Morgan fingerprint density at radius 3 is 2.62 bits per heavy atom. The van der Waals surface area contributed by atoms with Gasteiger partial charge in [-0.1, -0.05) is 35.9 Å². The van der Waals surface area contributed by atoms with Crippen LogP contribution >= 0.6 is 11.6 Å². The van der Waals surface area contributed by atoms with Crippen molar-refractivity contribution in [1.29, 1.82) is 0 Å². The number of amides is 1. The molecule has 1 aliphatic heterocycles. The van der Waals surface area contributed by atoms with E-state index in [1.165, 1.54) is 5.01 Å². The van der Waals surface area contributed by atoms with E-state index in [0.29, 0.717) is 35.3 Å². The van der Waals surface area contributed by atoms with Gasteiger partial charge in [0.15, 0.2) is 6.61 Å². The zero-order valence-corrected chi connectivity index (χ0v) is 18.1. The number of ether oxygens (including phenoxy) is 2. The van der Waals surface area contributed by atoms with E-state index in [0.717, 1.165) is 5.56 Å². The quantitative estimate of drug-likeness (QED) is 0.478. The standard InChI is InChI=1S/C24H21ClN2O5/c1-2-30-21-7-4-3-6-18(21)24(29)32-15-23(28)27-20(22-8-5-13-31-22)14-19(26-27)16-9-11-17(25)12-10-16/h3-13,20H,2,14-15H2,1H3. The first-order valence-electron chi connectivity index (χ1n) is 10.1. The molecule has 0 N–H and O–H groups in total. The molecule has 2 heterocycles. The summed E-state index contributed by atoms with van der Waals surface area (Å²) < 4.78 is 16.3. The number of rotatable bonds is 7. The summed E-state index contributed by atoms with van der Waals surface area (Å²) in [6.45, 7) is 1.77. The summed E-state index contributed by atoms with van der Waals surface area (Å²) in [5.41, 5.74) is 1.82. The Morgan fingerprint density at radius 1 is 1.12 bits per heavy atom. The number of hydrogen-bond donors (Lipinski definition) is 0. The van der Waals surface area contributed by atoms with Gasteiger partial charge in [0.2, 0.25) is 0 Å². The van der Waals surface area contributed by atoms with E-state index in [9.17, 15) is 9.59 Å². The molecule has 1 aliphatic rings. The molecule has 0 radical (unpaired) electrons. The van der Waals surface area contributed by atoms with Crippen LogP contribution in [0.5, 0.6) is 5.75 Å². The number of para-hydroxylation sites is 1. The molecule has 1 unspecified atom stereocenters. The smallest absolute Gasteiger partial charge is 0.342 e. The van der Waals surface area contributed by atoms with E-state index in [2.05, 4.69) is 5.10 Å². The number of halogens is 1. The summed E-state index contributed by atoms with van der Waals surface area (Å²) in [6.07, 6.45) is 2.00. The lowest BCUT2D eigenvalue weighted by Crippen LogP contribution is -2.31. The number of benzene rings is 2. The highest BCUT2D eigenvalue weighted by molar-refractivity contribution is 6.30. The van der Waals surface area contributed by atoms with Gasteiger partial charge in [-0.15, -0.1) is 0 Å². The molecular formula is C24H21ClN2O5. The lowest BCUT2D eigenvalue weighted by molar-refractivity contribution is -0.136. The molecule has 4 rings (SSSR count). The zero-order valence-electron chi connectivity index (χ0n) is 17.4. The molecule has 0 bridgehead atoms. The Bertz CT molecular complexity index is 1130. The van der Waals surface area contributed by atoms with Crippen molar-refractivity contribution in [3.8, 4) is 5.75 Å². The summed E-state index contributed by atoms with van der Waals surface area (Å²) in [6, 6.07) is 17.1. The fourth-order valence-corrected chi connectivity index (χ4v) is 3.57. The number of hydrogen-bond acceptors (Lipinski definition) is 6. The molecule has 1 amide bonds. The Kier molecular flexibility index (Phi) is 6.56. The molecule has 164 valence electrons. The highest BCUT2D eigenvalue weighted by Gasteiger charge is 2.35. The zero-order chi connectivity index (χ0) is 22.5. The van der Waals surface area contributed by atoms with Gasteiger partial charge < -0.3 is 13.9 Å². The number of nitrogens with zero attached hydrogens (tertiary/aromatic N) is 2. The molecule has 0 saturated carbocycles. The van der Waals surface area contributed by atoms with E-state index < -0.39 is 24.5 Å². The molecule has 3 aromatic rings. The van der Waals surface area contributed by atoms with Crippen molar-refractivity contribution >= 4 is 29.2 Å². The number of carbonyl (C=O) groups excluding carboxylic acids is 2. The van der Waals surface area contributed by atoms with Crippen molar-refractivity contribution in [1.82, 2.24) is 5.01 Å². The Hall–Kier alpha value is -3.58. The molecule has 2 aromatic carbocycles. The van der Waals surface area contributed by atoms with Crippen LogP contribution < -0.4 is 4.74 Å². The Labute approximate surface area is 190 Å². The predicted octanol–water partition coefficient (Wildman–Crippen LogP) is 4.87. The van der Waals surface area contributed by atoms with E-state index >= 15 is 0 Å². The van der Waals surface area contributed by atoms with Gasteiger partial charge >= 0.3 is 5.97 Å². The molecule has 0 aliphatic carbocycles.